The third-order valence-electron chi connectivity index (χ3n) is 6.94. The highest BCUT2D eigenvalue weighted by atomic mass is 32.2. The number of sulfonamides is 1. The number of rotatable bonds is 4. The molecule has 2 aromatic rings. The molecule has 1 saturated heterocycles. The summed E-state index contributed by atoms with van der Waals surface area (Å²) in [6.07, 6.45) is 3.87. The average molecular weight is 427 g/mol. The highest BCUT2D eigenvalue weighted by molar-refractivity contribution is 7.92. The zero-order chi connectivity index (χ0) is 20.9. The fourth-order valence-corrected chi connectivity index (χ4v) is 7.02. The number of aliphatic hydroxyl groups excluding tert-OH is 1. The van der Waals surface area contributed by atoms with Crippen LogP contribution in [0.3, 0.4) is 0 Å². The van der Waals surface area contributed by atoms with E-state index in [4.69, 9.17) is 0 Å². The van der Waals surface area contributed by atoms with Gasteiger partial charge < -0.3 is 10.0 Å². The third kappa shape index (κ3) is 2.87. The van der Waals surface area contributed by atoms with Crippen LogP contribution in [0.4, 0.5) is 5.69 Å². The summed E-state index contributed by atoms with van der Waals surface area (Å²) in [5, 5.41) is 10.1. The maximum Gasteiger partial charge on any atom is 0.264 e. The molecular formula is C23H26N2O4S. The van der Waals surface area contributed by atoms with Crippen molar-refractivity contribution < 1.29 is 18.3 Å². The fourth-order valence-electron chi connectivity index (χ4n) is 5.49. The van der Waals surface area contributed by atoms with Gasteiger partial charge in [-0.05, 0) is 36.6 Å². The fraction of sp³-hybridized carbons (Fsp3) is 0.435. The molecule has 2 aromatic carbocycles. The van der Waals surface area contributed by atoms with Gasteiger partial charge in [0, 0.05) is 11.8 Å². The molecule has 0 unspecified atom stereocenters. The molecule has 1 saturated carbocycles. The Balaban J connectivity index is 1.55. The number of anilines is 1. The van der Waals surface area contributed by atoms with Crippen LogP contribution in [0.1, 0.15) is 37.2 Å². The van der Waals surface area contributed by atoms with E-state index in [1.54, 1.807) is 35.2 Å². The predicted molar refractivity (Wildman–Crippen MR) is 114 cm³/mol. The SMILES string of the molecule is O=C(C1CCCC1)N1[C@H](CO)[C@H]2c3ccccc3N(S(=O)(=O)c3ccccc3)C[C@H]21. The molecule has 0 radical (unpaired) electrons. The summed E-state index contributed by atoms with van der Waals surface area (Å²) in [4.78, 5) is 15.3. The van der Waals surface area contributed by atoms with Crippen LogP contribution in [0.15, 0.2) is 59.5 Å². The Hall–Kier alpha value is -2.38. The van der Waals surface area contributed by atoms with E-state index in [1.165, 1.54) is 4.31 Å². The number of aliphatic hydroxyl groups is 1. The standard InChI is InChI=1S/C23H26N2O4S/c26-15-21-22-18-12-6-7-13-19(18)24(30(28,29)17-10-2-1-3-11-17)14-20(22)25(21)23(27)16-8-4-5-9-16/h1-3,6-7,10-13,16,20-22,26H,4-5,8-9,14-15H2/t20-,21-,22+/m1/s1. The first-order valence-electron chi connectivity index (χ1n) is 10.6. The predicted octanol–water partition coefficient (Wildman–Crippen LogP) is 2.74. The Morgan fingerprint density at radius 2 is 1.67 bits per heavy atom. The van der Waals surface area contributed by atoms with Crippen molar-refractivity contribution in [2.75, 3.05) is 17.5 Å². The van der Waals surface area contributed by atoms with Crippen LogP contribution >= 0.6 is 0 Å². The van der Waals surface area contributed by atoms with Crippen LogP contribution in [0.25, 0.3) is 0 Å². The number of benzene rings is 2. The number of carbonyl (C=O) groups is 1. The summed E-state index contributed by atoms with van der Waals surface area (Å²) in [5.41, 5.74) is 1.54. The first kappa shape index (κ1) is 19.6. The minimum Gasteiger partial charge on any atom is -0.394 e. The lowest BCUT2D eigenvalue weighted by atomic mass is 9.72. The molecule has 1 amide bonds. The van der Waals surface area contributed by atoms with Crippen LogP contribution in [-0.2, 0) is 14.8 Å². The summed E-state index contributed by atoms with van der Waals surface area (Å²) in [5.74, 6) is 0.0272. The molecule has 2 fully saturated rings. The van der Waals surface area contributed by atoms with E-state index < -0.39 is 10.0 Å². The summed E-state index contributed by atoms with van der Waals surface area (Å²) < 4.78 is 28.4. The molecule has 7 heteroatoms. The second-order valence-corrected chi connectivity index (χ2v) is 10.3. The van der Waals surface area contributed by atoms with Gasteiger partial charge in [-0.1, -0.05) is 49.2 Å². The summed E-state index contributed by atoms with van der Waals surface area (Å²) in [7, 11) is -3.76. The normalized spacial score (nSPS) is 26.1. The lowest BCUT2D eigenvalue weighted by Crippen LogP contribution is -2.71. The second-order valence-electron chi connectivity index (χ2n) is 8.48. The largest absolute Gasteiger partial charge is 0.394 e. The van der Waals surface area contributed by atoms with Crippen molar-refractivity contribution >= 4 is 21.6 Å². The molecule has 0 aromatic heterocycles. The van der Waals surface area contributed by atoms with Gasteiger partial charge in [-0.2, -0.15) is 0 Å². The second kappa shape index (κ2) is 7.39. The zero-order valence-corrected chi connectivity index (χ0v) is 17.5. The first-order chi connectivity index (χ1) is 14.5. The minimum atomic E-state index is -3.76. The maximum atomic E-state index is 13.5. The van der Waals surface area contributed by atoms with Crippen molar-refractivity contribution in [3.63, 3.8) is 0 Å². The van der Waals surface area contributed by atoms with Gasteiger partial charge in [0.15, 0.2) is 0 Å². The van der Waals surface area contributed by atoms with Gasteiger partial charge in [0.2, 0.25) is 5.91 Å². The summed E-state index contributed by atoms with van der Waals surface area (Å²) in [6.45, 7) is 0.104. The molecule has 5 rings (SSSR count). The number of carbonyl (C=O) groups excluding carboxylic acids is 1. The summed E-state index contributed by atoms with van der Waals surface area (Å²) >= 11 is 0. The average Bonchev–Trinajstić information content (AvgIpc) is 3.29. The minimum absolute atomic E-state index is 0.00338. The van der Waals surface area contributed by atoms with Crippen molar-refractivity contribution in [3.8, 4) is 0 Å². The van der Waals surface area contributed by atoms with Gasteiger partial charge in [0.05, 0.1) is 35.8 Å². The van der Waals surface area contributed by atoms with Crippen molar-refractivity contribution in [1.29, 1.82) is 0 Å². The number of hydrogen-bond donors (Lipinski definition) is 1. The molecule has 158 valence electrons. The Kier molecular flexibility index (Phi) is 4.82. The van der Waals surface area contributed by atoms with Crippen LogP contribution in [0.5, 0.6) is 0 Å². The molecule has 1 N–H and O–H groups in total. The molecular weight excluding hydrogens is 400 g/mol. The topological polar surface area (TPSA) is 77.9 Å². The van der Waals surface area contributed by atoms with Crippen molar-refractivity contribution in [1.82, 2.24) is 4.90 Å². The number of fused-ring (bicyclic) bond motifs is 3. The Bertz CT molecular complexity index is 1050. The first-order valence-corrected chi connectivity index (χ1v) is 12.1. The van der Waals surface area contributed by atoms with Crippen molar-refractivity contribution in [2.45, 2.75) is 48.6 Å². The van der Waals surface area contributed by atoms with E-state index in [0.717, 1.165) is 31.2 Å². The highest BCUT2D eigenvalue weighted by Gasteiger charge is 2.56. The lowest BCUT2D eigenvalue weighted by Gasteiger charge is -2.59. The van der Waals surface area contributed by atoms with Crippen molar-refractivity contribution in [2.24, 2.45) is 5.92 Å². The van der Waals surface area contributed by atoms with Crippen LogP contribution in [0.2, 0.25) is 0 Å². The van der Waals surface area contributed by atoms with E-state index in [-0.39, 0.29) is 47.9 Å². The number of para-hydroxylation sites is 1. The molecule has 0 spiro atoms. The molecule has 6 nitrogen and oxygen atoms in total. The maximum absolute atomic E-state index is 13.5. The van der Waals surface area contributed by atoms with E-state index >= 15 is 0 Å². The number of likely N-dealkylation sites (tertiary alicyclic amines) is 1. The molecule has 2 heterocycles. The van der Waals surface area contributed by atoms with Crippen LogP contribution in [0, 0.1) is 5.92 Å². The van der Waals surface area contributed by atoms with Crippen LogP contribution in [-0.4, -0.2) is 49.6 Å². The molecule has 1 aliphatic carbocycles. The van der Waals surface area contributed by atoms with E-state index in [9.17, 15) is 18.3 Å². The molecule has 0 bridgehead atoms. The zero-order valence-electron chi connectivity index (χ0n) is 16.7. The smallest absolute Gasteiger partial charge is 0.264 e. The molecule has 3 atom stereocenters. The Labute approximate surface area is 177 Å². The number of hydrogen-bond acceptors (Lipinski definition) is 4. The van der Waals surface area contributed by atoms with E-state index in [0.29, 0.717) is 5.69 Å². The lowest BCUT2D eigenvalue weighted by molar-refractivity contribution is -0.154. The monoisotopic (exact) mass is 426 g/mol. The van der Waals surface area contributed by atoms with Crippen LogP contribution < -0.4 is 4.31 Å². The van der Waals surface area contributed by atoms with Gasteiger partial charge in [0.1, 0.15) is 0 Å². The van der Waals surface area contributed by atoms with Gasteiger partial charge in [0.25, 0.3) is 10.0 Å². The number of nitrogens with zero attached hydrogens (tertiary/aromatic N) is 2. The van der Waals surface area contributed by atoms with E-state index in [1.807, 2.05) is 24.3 Å². The highest BCUT2D eigenvalue weighted by Crippen LogP contribution is 2.50. The van der Waals surface area contributed by atoms with Crippen molar-refractivity contribution in [3.05, 3.63) is 60.2 Å². The van der Waals surface area contributed by atoms with Gasteiger partial charge in [-0.3, -0.25) is 9.10 Å². The summed E-state index contributed by atoms with van der Waals surface area (Å²) in [6, 6.07) is 15.4. The quantitative estimate of drug-likeness (QED) is 0.816. The number of amides is 1. The van der Waals surface area contributed by atoms with Gasteiger partial charge >= 0.3 is 0 Å². The molecule has 3 aliphatic rings. The third-order valence-corrected chi connectivity index (χ3v) is 8.73. The molecule has 2 aliphatic heterocycles. The van der Waals surface area contributed by atoms with E-state index in [2.05, 4.69) is 0 Å². The van der Waals surface area contributed by atoms with Gasteiger partial charge in [-0.25, -0.2) is 8.42 Å². The van der Waals surface area contributed by atoms with Gasteiger partial charge in [-0.15, -0.1) is 0 Å². The molecule has 30 heavy (non-hydrogen) atoms. The Morgan fingerprint density at radius 1 is 1.00 bits per heavy atom. The Morgan fingerprint density at radius 3 is 2.37 bits per heavy atom.